The van der Waals surface area contributed by atoms with Gasteiger partial charge in [0.2, 0.25) is 0 Å². The maximum atomic E-state index is 14.2. The average Bonchev–Trinajstić information content (AvgIpc) is 2.53. The Morgan fingerprint density at radius 3 is 2.86 bits per heavy atom. The first-order valence-electron chi connectivity index (χ1n) is 6.92. The van der Waals surface area contributed by atoms with E-state index < -0.39 is 0 Å². The van der Waals surface area contributed by atoms with Gasteiger partial charge >= 0.3 is 0 Å². The molecule has 3 rings (SSSR count). The summed E-state index contributed by atoms with van der Waals surface area (Å²) in [6, 6.07) is 11.0. The molecule has 2 aromatic carbocycles. The molecule has 1 heterocycles. The second-order valence-electron chi connectivity index (χ2n) is 5.07. The molecule has 21 heavy (non-hydrogen) atoms. The molecule has 0 spiro atoms. The highest BCUT2D eigenvalue weighted by molar-refractivity contribution is 9.09. The molecule has 0 bridgehead atoms. The van der Waals surface area contributed by atoms with Gasteiger partial charge in [-0.2, -0.15) is 0 Å². The van der Waals surface area contributed by atoms with Crippen LogP contribution >= 0.6 is 15.9 Å². The zero-order valence-electron chi connectivity index (χ0n) is 11.7. The third-order valence-corrected chi connectivity index (χ3v) is 4.73. The highest BCUT2D eigenvalue weighted by Crippen LogP contribution is 2.36. The Bertz CT molecular complexity index is 657. The van der Waals surface area contributed by atoms with Gasteiger partial charge in [-0.15, -0.1) is 0 Å². The number of methoxy groups -OCH3 is 1. The van der Waals surface area contributed by atoms with Gasteiger partial charge in [0.1, 0.15) is 17.3 Å². The van der Waals surface area contributed by atoms with Crippen LogP contribution in [0.1, 0.15) is 27.9 Å². The number of hydrogen-bond acceptors (Lipinski definition) is 2. The quantitative estimate of drug-likeness (QED) is 0.750. The summed E-state index contributed by atoms with van der Waals surface area (Å²) in [6.45, 7) is 0.775. The van der Waals surface area contributed by atoms with Gasteiger partial charge in [0.05, 0.1) is 18.5 Å². The highest BCUT2D eigenvalue weighted by atomic mass is 79.9. The highest BCUT2D eigenvalue weighted by Gasteiger charge is 2.18. The molecule has 0 N–H and O–H groups in total. The van der Waals surface area contributed by atoms with Crippen LogP contribution in [0, 0.1) is 5.82 Å². The maximum Gasteiger partial charge on any atom is 0.131 e. The predicted molar refractivity (Wildman–Crippen MR) is 84.0 cm³/mol. The van der Waals surface area contributed by atoms with Gasteiger partial charge in [0, 0.05) is 11.6 Å². The third-order valence-electron chi connectivity index (χ3n) is 3.71. The second-order valence-corrected chi connectivity index (χ2v) is 5.98. The Kier molecular flexibility index (Phi) is 4.15. The molecule has 0 amide bonds. The van der Waals surface area contributed by atoms with Crippen molar-refractivity contribution in [1.29, 1.82) is 0 Å². The van der Waals surface area contributed by atoms with E-state index in [-0.39, 0.29) is 10.6 Å². The fourth-order valence-corrected chi connectivity index (χ4v) is 3.21. The molecule has 2 aromatic rings. The summed E-state index contributed by atoms with van der Waals surface area (Å²) in [6.07, 6.45) is 2.04. The second kappa shape index (κ2) is 6.06. The van der Waals surface area contributed by atoms with Gasteiger partial charge in [-0.25, -0.2) is 4.39 Å². The SMILES string of the molecule is COc1ccc(C(Br)c2ccc3c(c2)CCCO3)c(F)c1. The molecule has 1 unspecified atom stereocenters. The number of rotatable bonds is 3. The van der Waals surface area contributed by atoms with Crippen LogP contribution in [0.2, 0.25) is 0 Å². The van der Waals surface area contributed by atoms with Gasteiger partial charge in [-0.1, -0.05) is 34.1 Å². The summed E-state index contributed by atoms with van der Waals surface area (Å²) >= 11 is 3.60. The van der Waals surface area contributed by atoms with Crippen LogP contribution in [0.15, 0.2) is 36.4 Å². The molecule has 0 aromatic heterocycles. The third kappa shape index (κ3) is 2.91. The van der Waals surface area contributed by atoms with Crippen LogP contribution in [0.3, 0.4) is 0 Å². The lowest BCUT2D eigenvalue weighted by Crippen LogP contribution is -2.09. The molecule has 1 atom stereocenters. The molecule has 0 saturated carbocycles. The lowest BCUT2D eigenvalue weighted by Gasteiger charge is -2.20. The largest absolute Gasteiger partial charge is 0.497 e. The minimum absolute atomic E-state index is 0.185. The van der Waals surface area contributed by atoms with E-state index in [2.05, 4.69) is 22.0 Å². The number of halogens is 2. The van der Waals surface area contributed by atoms with Crippen molar-refractivity contribution < 1.29 is 13.9 Å². The Morgan fingerprint density at radius 2 is 2.10 bits per heavy atom. The smallest absolute Gasteiger partial charge is 0.131 e. The average molecular weight is 351 g/mol. The number of benzene rings is 2. The van der Waals surface area contributed by atoms with Crippen LogP contribution in [0.5, 0.6) is 11.5 Å². The molecule has 110 valence electrons. The van der Waals surface area contributed by atoms with E-state index in [0.29, 0.717) is 11.3 Å². The fourth-order valence-electron chi connectivity index (χ4n) is 2.56. The summed E-state index contributed by atoms with van der Waals surface area (Å²) in [5, 5.41) is 0. The van der Waals surface area contributed by atoms with Crippen LogP contribution in [0.4, 0.5) is 4.39 Å². The van der Waals surface area contributed by atoms with Crippen LogP contribution < -0.4 is 9.47 Å². The molecule has 1 aliphatic rings. The first-order chi connectivity index (χ1) is 10.2. The predicted octanol–water partition coefficient (Wildman–Crippen LogP) is 4.64. The van der Waals surface area contributed by atoms with Crippen molar-refractivity contribution in [2.24, 2.45) is 0 Å². The van der Waals surface area contributed by atoms with Crippen molar-refractivity contribution in [2.45, 2.75) is 17.7 Å². The number of alkyl halides is 1. The molecule has 0 radical (unpaired) electrons. The van der Waals surface area contributed by atoms with E-state index in [1.807, 2.05) is 12.1 Å². The van der Waals surface area contributed by atoms with Gasteiger partial charge < -0.3 is 9.47 Å². The van der Waals surface area contributed by atoms with Gasteiger partial charge in [0.15, 0.2) is 0 Å². The minimum atomic E-state index is -0.273. The normalized spacial score (nSPS) is 15.0. The van der Waals surface area contributed by atoms with E-state index in [1.165, 1.54) is 18.7 Å². The van der Waals surface area contributed by atoms with Crippen molar-refractivity contribution in [3.63, 3.8) is 0 Å². The van der Waals surface area contributed by atoms with Crippen molar-refractivity contribution in [3.05, 3.63) is 58.9 Å². The van der Waals surface area contributed by atoms with E-state index in [9.17, 15) is 4.39 Å². The first kappa shape index (κ1) is 14.4. The van der Waals surface area contributed by atoms with Crippen molar-refractivity contribution in [2.75, 3.05) is 13.7 Å². The number of ether oxygens (including phenoxy) is 2. The zero-order valence-corrected chi connectivity index (χ0v) is 13.3. The zero-order chi connectivity index (χ0) is 14.8. The molecule has 4 heteroatoms. The topological polar surface area (TPSA) is 18.5 Å². The standard InChI is InChI=1S/C17H16BrFO2/c1-20-13-5-6-14(15(19)10-13)17(18)12-4-7-16-11(9-12)3-2-8-21-16/h4-7,9-10,17H,2-3,8H2,1H3. The molecule has 1 aliphatic heterocycles. The Morgan fingerprint density at radius 1 is 1.24 bits per heavy atom. The lowest BCUT2D eigenvalue weighted by molar-refractivity contribution is 0.288. The molecular weight excluding hydrogens is 335 g/mol. The number of fused-ring (bicyclic) bond motifs is 1. The van der Waals surface area contributed by atoms with Crippen LogP contribution in [-0.2, 0) is 6.42 Å². The first-order valence-corrected chi connectivity index (χ1v) is 7.84. The Labute approximate surface area is 132 Å². The lowest BCUT2D eigenvalue weighted by atomic mass is 9.98. The van der Waals surface area contributed by atoms with Crippen molar-refractivity contribution >= 4 is 15.9 Å². The van der Waals surface area contributed by atoms with E-state index in [4.69, 9.17) is 9.47 Å². The molecule has 0 aliphatic carbocycles. The number of aryl methyl sites for hydroxylation is 1. The molecule has 2 nitrogen and oxygen atoms in total. The van der Waals surface area contributed by atoms with Crippen molar-refractivity contribution in [3.8, 4) is 11.5 Å². The Hall–Kier alpha value is -1.55. The van der Waals surface area contributed by atoms with Crippen LogP contribution in [0.25, 0.3) is 0 Å². The number of hydrogen-bond donors (Lipinski definition) is 0. The molecular formula is C17H16BrFO2. The van der Waals surface area contributed by atoms with E-state index in [1.54, 1.807) is 12.1 Å². The fraction of sp³-hybridized carbons (Fsp3) is 0.294. The van der Waals surface area contributed by atoms with E-state index in [0.717, 1.165) is 30.8 Å². The molecule has 0 fully saturated rings. The van der Waals surface area contributed by atoms with Crippen LogP contribution in [-0.4, -0.2) is 13.7 Å². The van der Waals surface area contributed by atoms with Gasteiger partial charge in [-0.05, 0) is 36.1 Å². The minimum Gasteiger partial charge on any atom is -0.497 e. The summed E-state index contributed by atoms with van der Waals surface area (Å²) in [5.74, 6) is 1.19. The summed E-state index contributed by atoms with van der Waals surface area (Å²) in [5.41, 5.74) is 2.83. The summed E-state index contributed by atoms with van der Waals surface area (Å²) in [4.78, 5) is -0.185. The molecule has 0 saturated heterocycles. The van der Waals surface area contributed by atoms with Crippen molar-refractivity contribution in [1.82, 2.24) is 0 Å². The van der Waals surface area contributed by atoms with Gasteiger partial charge in [-0.3, -0.25) is 0 Å². The van der Waals surface area contributed by atoms with E-state index >= 15 is 0 Å². The monoisotopic (exact) mass is 350 g/mol. The maximum absolute atomic E-state index is 14.2. The van der Waals surface area contributed by atoms with Gasteiger partial charge in [0.25, 0.3) is 0 Å². The summed E-state index contributed by atoms with van der Waals surface area (Å²) in [7, 11) is 1.53. The Balaban J connectivity index is 1.93. The summed E-state index contributed by atoms with van der Waals surface area (Å²) < 4.78 is 24.8.